The molecule has 0 bridgehead atoms. The molecule has 40 heavy (non-hydrogen) atoms. The summed E-state index contributed by atoms with van der Waals surface area (Å²) in [6.07, 6.45) is 0.722. The van der Waals surface area contributed by atoms with Crippen LogP contribution in [0.1, 0.15) is 31.4 Å². The van der Waals surface area contributed by atoms with Gasteiger partial charge in [0.25, 0.3) is 0 Å². The van der Waals surface area contributed by atoms with Crippen LogP contribution in [0.4, 0.5) is 0 Å². The Hall–Kier alpha value is -3.76. The largest absolute Gasteiger partial charge is 0.353 e. The van der Waals surface area contributed by atoms with Gasteiger partial charge in [0.05, 0.1) is 17.6 Å². The number of thiol groups is 1. The number of carbonyl (C=O) groups is 3. The Bertz CT molecular complexity index is 1370. The van der Waals surface area contributed by atoms with Gasteiger partial charge >= 0.3 is 0 Å². The fourth-order valence-corrected chi connectivity index (χ4v) is 5.11. The minimum Gasteiger partial charge on any atom is -0.353 e. The zero-order valence-electron chi connectivity index (χ0n) is 22.7. The summed E-state index contributed by atoms with van der Waals surface area (Å²) in [5, 5.41) is 17.0. The summed E-state index contributed by atoms with van der Waals surface area (Å²) in [4.78, 5) is 39.8. The van der Waals surface area contributed by atoms with E-state index in [2.05, 4.69) is 10.6 Å². The predicted molar refractivity (Wildman–Crippen MR) is 154 cm³/mol. The molecule has 1 unspecified atom stereocenters. The molecule has 10 heteroatoms. The predicted octanol–water partition coefficient (Wildman–Crippen LogP) is 2.62. The highest BCUT2D eigenvalue weighted by atomic mass is 32.2. The summed E-state index contributed by atoms with van der Waals surface area (Å²) in [6, 6.07) is 21.8. The van der Waals surface area contributed by atoms with E-state index in [1.165, 1.54) is 0 Å². The molecule has 4 N–H and O–H groups in total. The average Bonchev–Trinajstić information content (AvgIpc) is 2.94. The van der Waals surface area contributed by atoms with E-state index in [1.807, 2.05) is 86.6 Å². The number of rotatable bonds is 14. The Labute approximate surface area is 236 Å². The average molecular weight is 568 g/mol. The number of hydrogen-bond acceptors (Lipinski definition) is 6. The van der Waals surface area contributed by atoms with Gasteiger partial charge in [0, 0.05) is 13.0 Å². The lowest BCUT2D eigenvalue weighted by Gasteiger charge is -2.28. The van der Waals surface area contributed by atoms with Gasteiger partial charge in [-0.3, -0.25) is 19.6 Å². The van der Waals surface area contributed by atoms with Gasteiger partial charge in [-0.25, -0.2) is 13.9 Å². The van der Waals surface area contributed by atoms with Crippen molar-refractivity contribution in [2.24, 2.45) is 17.8 Å². The molecule has 3 aromatic rings. The van der Waals surface area contributed by atoms with E-state index < -0.39 is 46.3 Å². The van der Waals surface area contributed by atoms with Gasteiger partial charge in [-0.2, -0.15) is 0 Å². The minimum absolute atomic E-state index is 0.0381. The van der Waals surface area contributed by atoms with Crippen molar-refractivity contribution in [3.05, 3.63) is 83.9 Å². The monoisotopic (exact) mass is 567 g/mol. The first kappa shape index (κ1) is 30.8. The van der Waals surface area contributed by atoms with Crippen molar-refractivity contribution in [1.29, 1.82) is 0 Å². The van der Waals surface area contributed by atoms with E-state index in [9.17, 15) is 28.0 Å². The summed E-state index contributed by atoms with van der Waals surface area (Å²) in [5.41, 5.74) is 3.37. The molecular formula is C30H37N3O6S. The number of benzene rings is 3. The maximum Gasteiger partial charge on any atom is 0.247 e. The van der Waals surface area contributed by atoms with Crippen molar-refractivity contribution < 1.29 is 28.0 Å². The molecule has 0 saturated carbocycles. The van der Waals surface area contributed by atoms with Gasteiger partial charge in [-0.15, -0.1) is 0 Å². The molecular weight excluding hydrogens is 530 g/mol. The lowest BCUT2D eigenvalue weighted by atomic mass is 9.80. The second kappa shape index (κ2) is 15.1. The van der Waals surface area contributed by atoms with Crippen LogP contribution in [-0.2, 0) is 37.9 Å². The number of hydrogen-bond donors (Lipinski definition) is 5. The second-order valence-electron chi connectivity index (χ2n) is 10.3. The van der Waals surface area contributed by atoms with Crippen molar-refractivity contribution in [3.8, 4) is 0 Å². The topological polar surface area (TPSA) is 142 Å². The van der Waals surface area contributed by atoms with Crippen LogP contribution in [0.25, 0.3) is 10.8 Å². The molecule has 3 atom stereocenters. The third-order valence-corrected chi connectivity index (χ3v) is 7.36. The molecule has 9 nitrogen and oxygen atoms in total. The maximum absolute atomic E-state index is 13.8. The summed E-state index contributed by atoms with van der Waals surface area (Å²) in [6.45, 7) is 3.79. The van der Waals surface area contributed by atoms with Crippen molar-refractivity contribution >= 4 is 39.2 Å². The smallest absolute Gasteiger partial charge is 0.247 e. The number of fused-ring (bicyclic) bond motifs is 1. The van der Waals surface area contributed by atoms with Gasteiger partial charge in [0.2, 0.25) is 17.7 Å². The lowest BCUT2D eigenvalue weighted by Crippen LogP contribution is -2.52. The zero-order valence-corrected chi connectivity index (χ0v) is 23.6. The first-order valence-corrected chi connectivity index (χ1v) is 14.7. The quantitative estimate of drug-likeness (QED) is 0.115. The molecule has 0 radical (unpaired) electrons. The van der Waals surface area contributed by atoms with Gasteiger partial charge in [0.15, 0.2) is 0 Å². The summed E-state index contributed by atoms with van der Waals surface area (Å²) >= 11 is 0. The molecule has 3 aromatic carbocycles. The van der Waals surface area contributed by atoms with Gasteiger partial charge in [0.1, 0.15) is 16.7 Å². The van der Waals surface area contributed by atoms with Crippen LogP contribution in [0.5, 0.6) is 0 Å². The fourth-order valence-electron chi connectivity index (χ4n) is 4.81. The van der Waals surface area contributed by atoms with E-state index >= 15 is 0 Å². The Balaban J connectivity index is 1.88. The fraction of sp³-hybridized carbons (Fsp3) is 0.367. The molecule has 0 aromatic heterocycles. The Kier molecular flexibility index (Phi) is 11.6. The number of carbonyl (C=O) groups excluding carboxylic acids is 3. The Morgan fingerprint density at radius 3 is 2.10 bits per heavy atom. The molecule has 0 aliphatic heterocycles. The van der Waals surface area contributed by atoms with Crippen LogP contribution in [0, 0.1) is 17.8 Å². The molecule has 0 fully saturated rings. The van der Waals surface area contributed by atoms with Gasteiger partial charge < -0.3 is 10.6 Å². The van der Waals surface area contributed by atoms with Gasteiger partial charge in [-0.05, 0) is 40.7 Å². The molecule has 0 heterocycles. The molecule has 0 aliphatic rings. The molecule has 3 rings (SSSR count). The normalized spacial score (nSPS) is 13.5. The van der Waals surface area contributed by atoms with Crippen molar-refractivity contribution in [2.75, 3.05) is 12.3 Å². The number of amides is 3. The SMILES string of the molecule is CC(C)C[C@@H](C(=O)N[C@@H](Cc1ccccc1)C(=O)NCC[SH](=O)=O)C(Cc1ccc2ccccc2c1)C(=O)NO. The standard InChI is InChI=1S/C30H37N3O6S/c1-20(2)16-25(26(29(35)33-37)18-22-12-13-23-10-6-7-11-24(23)17-22)28(34)32-27(19-21-8-4-3-5-9-21)30(36)31-14-15-40(38)39/h3-13,17,20,25-27,37,40H,14-16,18-19H2,1-2H3,(H,31,36)(H,32,34)(H,33,35)/t25-,26?,27+/m1/s1. The first-order valence-electron chi connectivity index (χ1n) is 13.3. The lowest BCUT2D eigenvalue weighted by molar-refractivity contribution is -0.141. The van der Waals surface area contributed by atoms with Crippen LogP contribution in [-0.4, -0.2) is 49.7 Å². The first-order chi connectivity index (χ1) is 19.2. The third-order valence-electron chi connectivity index (χ3n) is 6.77. The van der Waals surface area contributed by atoms with Crippen LogP contribution < -0.4 is 16.1 Å². The Morgan fingerprint density at radius 2 is 1.45 bits per heavy atom. The second-order valence-corrected chi connectivity index (χ2v) is 11.4. The summed E-state index contributed by atoms with van der Waals surface area (Å²) in [7, 11) is -2.66. The number of nitrogens with one attached hydrogen (secondary N) is 3. The third kappa shape index (κ3) is 9.17. The van der Waals surface area contributed by atoms with E-state index in [0.717, 1.165) is 21.9 Å². The minimum atomic E-state index is -2.66. The molecule has 0 spiro atoms. The van der Waals surface area contributed by atoms with Crippen LogP contribution in [0.2, 0.25) is 0 Å². The van der Waals surface area contributed by atoms with E-state index in [4.69, 9.17) is 0 Å². The van der Waals surface area contributed by atoms with Crippen molar-refractivity contribution in [1.82, 2.24) is 16.1 Å². The maximum atomic E-state index is 13.8. The highest BCUT2D eigenvalue weighted by Crippen LogP contribution is 2.27. The van der Waals surface area contributed by atoms with E-state index in [1.54, 1.807) is 5.48 Å². The highest BCUT2D eigenvalue weighted by Gasteiger charge is 2.36. The van der Waals surface area contributed by atoms with Crippen LogP contribution >= 0.6 is 0 Å². The number of hydroxylamine groups is 1. The molecule has 0 saturated heterocycles. The van der Waals surface area contributed by atoms with Gasteiger partial charge in [-0.1, -0.05) is 86.6 Å². The zero-order chi connectivity index (χ0) is 29.1. The Morgan fingerprint density at radius 1 is 0.775 bits per heavy atom. The highest BCUT2D eigenvalue weighted by molar-refractivity contribution is 7.72. The summed E-state index contributed by atoms with van der Waals surface area (Å²) in [5.74, 6) is -3.62. The van der Waals surface area contributed by atoms with Crippen LogP contribution in [0.15, 0.2) is 72.8 Å². The molecule has 3 amide bonds. The molecule has 214 valence electrons. The van der Waals surface area contributed by atoms with E-state index in [0.29, 0.717) is 6.42 Å². The van der Waals surface area contributed by atoms with Crippen LogP contribution in [0.3, 0.4) is 0 Å². The van der Waals surface area contributed by atoms with Crippen molar-refractivity contribution in [3.63, 3.8) is 0 Å². The molecule has 0 aliphatic carbocycles. The van der Waals surface area contributed by atoms with Crippen molar-refractivity contribution in [2.45, 2.75) is 39.2 Å². The summed E-state index contributed by atoms with van der Waals surface area (Å²) < 4.78 is 21.9. The van der Waals surface area contributed by atoms with E-state index in [-0.39, 0.29) is 31.1 Å².